The van der Waals surface area contributed by atoms with E-state index in [2.05, 4.69) is 21.2 Å². The summed E-state index contributed by atoms with van der Waals surface area (Å²) in [5.41, 5.74) is 2.06. The molecule has 1 N–H and O–H groups in total. The summed E-state index contributed by atoms with van der Waals surface area (Å²) < 4.78 is 6.07. The lowest BCUT2D eigenvalue weighted by Gasteiger charge is -2.19. The SMILES string of the molecule is Cc1cc(Br)ccc1NC(=O)COC(=O)c1cccc(N2C(=O)[C@@H]3[C@H]4CC[C@@H](C4)[C@H]3C2=O)c1. The molecule has 0 radical (unpaired) electrons. The van der Waals surface area contributed by atoms with Crippen LogP contribution in [0.1, 0.15) is 35.2 Å². The fourth-order valence-corrected chi connectivity index (χ4v) is 6.08. The quantitative estimate of drug-likeness (QED) is 0.483. The molecule has 3 fully saturated rings. The van der Waals surface area contributed by atoms with Gasteiger partial charge in [-0.25, -0.2) is 4.79 Å². The molecule has 1 saturated heterocycles. The third-order valence-electron chi connectivity index (χ3n) is 7.06. The van der Waals surface area contributed by atoms with Gasteiger partial charge in [0.15, 0.2) is 6.61 Å². The number of anilines is 2. The number of nitrogens with zero attached hydrogens (tertiary/aromatic N) is 1. The number of rotatable bonds is 5. The van der Waals surface area contributed by atoms with Crippen LogP contribution in [0, 0.1) is 30.6 Å². The molecule has 2 aromatic rings. The van der Waals surface area contributed by atoms with Crippen LogP contribution >= 0.6 is 15.9 Å². The molecular formula is C25H23BrN2O5. The van der Waals surface area contributed by atoms with Gasteiger partial charge in [0, 0.05) is 10.2 Å². The molecule has 170 valence electrons. The van der Waals surface area contributed by atoms with Gasteiger partial charge in [-0.3, -0.25) is 19.3 Å². The van der Waals surface area contributed by atoms with E-state index in [1.54, 1.807) is 24.3 Å². The largest absolute Gasteiger partial charge is 0.452 e. The number of nitrogens with one attached hydrogen (secondary N) is 1. The van der Waals surface area contributed by atoms with Crippen LogP contribution in [0.2, 0.25) is 0 Å². The number of aryl methyl sites for hydroxylation is 1. The van der Waals surface area contributed by atoms with E-state index in [0.717, 1.165) is 29.3 Å². The highest BCUT2D eigenvalue weighted by atomic mass is 79.9. The molecule has 2 aliphatic carbocycles. The zero-order valence-electron chi connectivity index (χ0n) is 18.0. The van der Waals surface area contributed by atoms with Crippen LogP contribution in [0.25, 0.3) is 0 Å². The molecule has 3 aliphatic rings. The first-order chi connectivity index (χ1) is 15.8. The number of hydrogen-bond donors (Lipinski definition) is 1. The Morgan fingerprint density at radius 2 is 1.76 bits per heavy atom. The second kappa shape index (κ2) is 8.41. The first kappa shape index (κ1) is 21.8. The highest BCUT2D eigenvalue weighted by Gasteiger charge is 2.61. The summed E-state index contributed by atoms with van der Waals surface area (Å²) >= 11 is 3.37. The second-order valence-electron chi connectivity index (χ2n) is 9.03. The molecule has 0 aromatic heterocycles. The van der Waals surface area contributed by atoms with Crippen molar-refractivity contribution in [3.8, 4) is 0 Å². The average molecular weight is 511 g/mol. The lowest BCUT2D eigenvalue weighted by Crippen LogP contribution is -2.32. The Labute approximate surface area is 199 Å². The third-order valence-corrected chi connectivity index (χ3v) is 7.56. The van der Waals surface area contributed by atoms with Crippen molar-refractivity contribution >= 4 is 51.0 Å². The fraction of sp³-hybridized carbons (Fsp3) is 0.360. The average Bonchev–Trinajstić information content (AvgIpc) is 3.48. The summed E-state index contributed by atoms with van der Waals surface area (Å²) in [5.74, 6) is -1.34. The number of hydrogen-bond acceptors (Lipinski definition) is 5. The van der Waals surface area contributed by atoms with Crippen LogP contribution in [-0.4, -0.2) is 30.3 Å². The summed E-state index contributed by atoms with van der Waals surface area (Å²) in [6.45, 7) is 1.41. The normalized spacial score (nSPS) is 25.3. The van der Waals surface area contributed by atoms with Crippen molar-refractivity contribution in [2.45, 2.75) is 26.2 Å². The fourth-order valence-electron chi connectivity index (χ4n) is 5.60. The van der Waals surface area contributed by atoms with Crippen molar-refractivity contribution in [3.05, 3.63) is 58.1 Å². The van der Waals surface area contributed by atoms with Crippen molar-refractivity contribution in [2.75, 3.05) is 16.8 Å². The number of amides is 3. The van der Waals surface area contributed by atoms with Gasteiger partial charge >= 0.3 is 5.97 Å². The lowest BCUT2D eigenvalue weighted by molar-refractivity contribution is -0.123. The van der Waals surface area contributed by atoms with E-state index in [4.69, 9.17) is 4.74 Å². The number of esters is 1. The van der Waals surface area contributed by atoms with Crippen LogP contribution in [0.3, 0.4) is 0 Å². The summed E-state index contributed by atoms with van der Waals surface area (Å²) in [4.78, 5) is 52.1. The molecule has 8 heteroatoms. The third kappa shape index (κ3) is 3.86. The molecular weight excluding hydrogens is 488 g/mol. The Kier molecular flexibility index (Phi) is 5.56. The Morgan fingerprint density at radius 1 is 1.06 bits per heavy atom. The van der Waals surface area contributed by atoms with Gasteiger partial charge in [0.2, 0.25) is 11.8 Å². The van der Waals surface area contributed by atoms with E-state index in [1.165, 1.54) is 17.0 Å². The van der Waals surface area contributed by atoms with Gasteiger partial charge in [0.25, 0.3) is 5.91 Å². The molecule has 1 aliphatic heterocycles. The maximum atomic E-state index is 13.0. The minimum Gasteiger partial charge on any atom is -0.452 e. The summed E-state index contributed by atoms with van der Waals surface area (Å²) in [6.07, 6.45) is 2.98. The van der Waals surface area contributed by atoms with Gasteiger partial charge in [-0.1, -0.05) is 22.0 Å². The number of fused-ring (bicyclic) bond motifs is 5. The molecule has 2 saturated carbocycles. The predicted molar refractivity (Wildman–Crippen MR) is 125 cm³/mol. The second-order valence-corrected chi connectivity index (χ2v) is 9.95. The summed E-state index contributed by atoms with van der Waals surface area (Å²) in [7, 11) is 0. The zero-order valence-corrected chi connectivity index (χ0v) is 19.6. The number of benzene rings is 2. The maximum Gasteiger partial charge on any atom is 0.338 e. The molecule has 3 amide bonds. The topological polar surface area (TPSA) is 92.8 Å². The number of imide groups is 1. The molecule has 4 atom stereocenters. The van der Waals surface area contributed by atoms with E-state index in [1.807, 2.05) is 13.0 Å². The van der Waals surface area contributed by atoms with Crippen LogP contribution in [-0.2, 0) is 19.1 Å². The minimum absolute atomic E-state index is 0.160. The van der Waals surface area contributed by atoms with Gasteiger partial charge in [-0.15, -0.1) is 0 Å². The molecule has 0 unspecified atom stereocenters. The van der Waals surface area contributed by atoms with Gasteiger partial charge < -0.3 is 10.1 Å². The van der Waals surface area contributed by atoms with Crippen molar-refractivity contribution in [1.29, 1.82) is 0 Å². The smallest absolute Gasteiger partial charge is 0.338 e. The van der Waals surface area contributed by atoms with Crippen LogP contribution in [0.5, 0.6) is 0 Å². The van der Waals surface area contributed by atoms with E-state index in [9.17, 15) is 19.2 Å². The zero-order chi connectivity index (χ0) is 23.3. The number of carbonyl (C=O) groups is 4. The van der Waals surface area contributed by atoms with E-state index in [0.29, 0.717) is 23.2 Å². The molecule has 2 aromatic carbocycles. The van der Waals surface area contributed by atoms with Gasteiger partial charge in [0.1, 0.15) is 0 Å². The van der Waals surface area contributed by atoms with Gasteiger partial charge in [-0.2, -0.15) is 0 Å². The van der Waals surface area contributed by atoms with Crippen LogP contribution in [0.4, 0.5) is 11.4 Å². The highest BCUT2D eigenvalue weighted by Crippen LogP contribution is 2.56. The highest BCUT2D eigenvalue weighted by molar-refractivity contribution is 9.10. The first-order valence-corrected chi connectivity index (χ1v) is 11.8. The van der Waals surface area contributed by atoms with E-state index >= 15 is 0 Å². The Hall–Kier alpha value is -3.00. The van der Waals surface area contributed by atoms with E-state index in [-0.39, 0.29) is 29.2 Å². The van der Waals surface area contributed by atoms with E-state index < -0.39 is 18.5 Å². The van der Waals surface area contributed by atoms with Crippen molar-refractivity contribution in [2.24, 2.45) is 23.7 Å². The van der Waals surface area contributed by atoms with Crippen molar-refractivity contribution in [1.82, 2.24) is 0 Å². The van der Waals surface area contributed by atoms with Crippen LogP contribution < -0.4 is 10.2 Å². The molecule has 33 heavy (non-hydrogen) atoms. The Morgan fingerprint density at radius 3 is 2.42 bits per heavy atom. The van der Waals surface area contributed by atoms with Crippen LogP contribution in [0.15, 0.2) is 46.9 Å². The van der Waals surface area contributed by atoms with Crippen molar-refractivity contribution in [3.63, 3.8) is 0 Å². The minimum atomic E-state index is -0.695. The molecule has 2 bridgehead atoms. The van der Waals surface area contributed by atoms with Gasteiger partial charge in [-0.05, 0) is 80.0 Å². The Bertz CT molecular complexity index is 1150. The predicted octanol–water partition coefficient (Wildman–Crippen LogP) is 4.09. The number of halogens is 1. The molecule has 1 heterocycles. The Balaban J connectivity index is 1.25. The van der Waals surface area contributed by atoms with Gasteiger partial charge in [0.05, 0.1) is 23.1 Å². The molecule has 5 rings (SSSR count). The van der Waals surface area contributed by atoms with Crippen molar-refractivity contribution < 1.29 is 23.9 Å². The lowest BCUT2D eigenvalue weighted by atomic mass is 9.81. The standard InChI is InChI=1S/C25H23BrN2O5/c1-13-9-17(26)7-8-19(13)27-20(29)12-33-25(32)16-3-2-4-18(11-16)28-23(30)21-14-5-6-15(10-14)22(21)24(28)31/h2-4,7-9,11,14-15,21-22H,5-6,10,12H2,1H3,(H,27,29)/t14-,15-,21+,22+/m0/s1. The number of carbonyl (C=O) groups excluding carboxylic acids is 4. The molecule has 7 nitrogen and oxygen atoms in total. The number of ether oxygens (including phenoxy) is 1. The first-order valence-electron chi connectivity index (χ1n) is 11.0. The monoisotopic (exact) mass is 510 g/mol. The molecule has 0 spiro atoms. The summed E-state index contributed by atoms with van der Waals surface area (Å²) in [6, 6.07) is 11.7. The maximum absolute atomic E-state index is 13.0. The summed E-state index contributed by atoms with van der Waals surface area (Å²) in [5, 5.41) is 2.71.